The Kier molecular flexibility index (Phi) is 5.95. The minimum absolute atomic E-state index is 0.306. The Hall–Kier alpha value is -1.88. The molecule has 2 rings (SSSR count). The van der Waals surface area contributed by atoms with Gasteiger partial charge in [0.15, 0.2) is 0 Å². The Morgan fingerprint density at radius 2 is 1.95 bits per heavy atom. The molecule has 2 aromatic rings. The molecule has 0 unspecified atom stereocenters. The highest BCUT2D eigenvalue weighted by atomic mass is 79.9. The fourth-order valence-corrected chi connectivity index (χ4v) is 2.23. The van der Waals surface area contributed by atoms with Crippen molar-refractivity contribution in [3.63, 3.8) is 0 Å². The molecule has 0 aliphatic carbocycles. The Balaban J connectivity index is 2.20. The summed E-state index contributed by atoms with van der Waals surface area (Å²) in [7, 11) is 0. The molecule has 0 spiro atoms. The van der Waals surface area contributed by atoms with E-state index in [1.54, 1.807) is 30.3 Å². The van der Waals surface area contributed by atoms with Crippen LogP contribution in [-0.4, -0.2) is 12.6 Å². The number of esters is 1. The first kappa shape index (κ1) is 16.5. The van der Waals surface area contributed by atoms with Crippen molar-refractivity contribution >= 4 is 33.3 Å². The molecule has 0 saturated carbocycles. The average molecular weight is 366 g/mol. The lowest BCUT2D eigenvalue weighted by atomic mass is 10.1. The van der Waals surface area contributed by atoms with E-state index < -0.39 is 0 Å². The lowest BCUT2D eigenvalue weighted by Gasteiger charge is -2.12. The Morgan fingerprint density at radius 1 is 1.23 bits per heavy atom. The van der Waals surface area contributed by atoms with Crippen molar-refractivity contribution in [3.05, 3.63) is 58.3 Å². The second kappa shape index (κ2) is 7.94. The minimum atomic E-state index is -0.370. The SMILES string of the molecule is CCCCOC(=O)c1ccc(Br)cc1Nc1ccc(F)cc1. The van der Waals surface area contributed by atoms with Crippen LogP contribution in [0.15, 0.2) is 46.9 Å². The molecule has 0 aliphatic rings. The number of carbonyl (C=O) groups excluding carboxylic acids is 1. The van der Waals surface area contributed by atoms with Gasteiger partial charge in [0.05, 0.1) is 17.9 Å². The van der Waals surface area contributed by atoms with E-state index in [9.17, 15) is 9.18 Å². The van der Waals surface area contributed by atoms with Gasteiger partial charge in [-0.25, -0.2) is 9.18 Å². The molecule has 22 heavy (non-hydrogen) atoms. The summed E-state index contributed by atoms with van der Waals surface area (Å²) in [5.41, 5.74) is 1.76. The van der Waals surface area contributed by atoms with Crippen LogP contribution in [-0.2, 0) is 4.74 Å². The van der Waals surface area contributed by atoms with Crippen molar-refractivity contribution < 1.29 is 13.9 Å². The Labute approximate surface area is 137 Å². The van der Waals surface area contributed by atoms with E-state index in [-0.39, 0.29) is 11.8 Å². The van der Waals surface area contributed by atoms with E-state index >= 15 is 0 Å². The van der Waals surface area contributed by atoms with Gasteiger partial charge in [0.2, 0.25) is 0 Å². The maximum absolute atomic E-state index is 13.0. The number of ether oxygens (including phenoxy) is 1. The van der Waals surface area contributed by atoms with Gasteiger partial charge >= 0.3 is 5.97 Å². The number of hydrogen-bond donors (Lipinski definition) is 1. The summed E-state index contributed by atoms with van der Waals surface area (Å²) in [6.45, 7) is 2.44. The molecule has 1 N–H and O–H groups in total. The summed E-state index contributed by atoms with van der Waals surface area (Å²) in [5, 5.41) is 3.11. The van der Waals surface area contributed by atoms with Crippen LogP contribution in [0.1, 0.15) is 30.1 Å². The standard InChI is InChI=1S/C17H17BrFNO2/c1-2-3-10-22-17(21)15-9-4-12(18)11-16(15)20-14-7-5-13(19)6-8-14/h4-9,11,20H,2-3,10H2,1H3. The molecule has 0 aromatic heterocycles. The molecule has 0 bridgehead atoms. The van der Waals surface area contributed by atoms with Crippen molar-refractivity contribution in [1.29, 1.82) is 0 Å². The quantitative estimate of drug-likeness (QED) is 0.558. The lowest BCUT2D eigenvalue weighted by molar-refractivity contribution is 0.0501. The summed E-state index contributed by atoms with van der Waals surface area (Å²) in [6.07, 6.45) is 1.80. The van der Waals surface area contributed by atoms with Crippen LogP contribution in [0.5, 0.6) is 0 Å². The van der Waals surface area contributed by atoms with Gasteiger partial charge in [0.1, 0.15) is 5.82 Å². The second-order valence-electron chi connectivity index (χ2n) is 4.81. The van der Waals surface area contributed by atoms with Gasteiger partial charge in [-0.2, -0.15) is 0 Å². The van der Waals surface area contributed by atoms with E-state index in [4.69, 9.17) is 4.74 Å². The van der Waals surface area contributed by atoms with Crippen LogP contribution in [0.2, 0.25) is 0 Å². The van der Waals surface area contributed by atoms with Crippen LogP contribution in [0.3, 0.4) is 0 Å². The zero-order valence-corrected chi connectivity index (χ0v) is 13.8. The van der Waals surface area contributed by atoms with Crippen molar-refractivity contribution in [2.45, 2.75) is 19.8 Å². The molecule has 116 valence electrons. The number of halogens is 2. The highest BCUT2D eigenvalue weighted by Crippen LogP contribution is 2.26. The number of rotatable bonds is 6. The number of hydrogen-bond acceptors (Lipinski definition) is 3. The molecule has 0 atom stereocenters. The summed E-state index contributed by atoms with van der Waals surface area (Å²) < 4.78 is 19.0. The van der Waals surface area contributed by atoms with E-state index in [0.29, 0.717) is 23.5 Å². The Morgan fingerprint density at radius 3 is 2.64 bits per heavy atom. The smallest absolute Gasteiger partial charge is 0.340 e. The van der Waals surface area contributed by atoms with Crippen molar-refractivity contribution in [2.75, 3.05) is 11.9 Å². The zero-order chi connectivity index (χ0) is 15.9. The number of unbranched alkanes of at least 4 members (excludes halogenated alkanes) is 1. The molecule has 5 heteroatoms. The molecule has 0 saturated heterocycles. The van der Waals surface area contributed by atoms with Crippen LogP contribution >= 0.6 is 15.9 Å². The molecule has 0 fully saturated rings. The Bertz CT molecular complexity index is 644. The van der Waals surface area contributed by atoms with Gasteiger partial charge in [0, 0.05) is 10.2 Å². The fraction of sp³-hybridized carbons (Fsp3) is 0.235. The third-order valence-electron chi connectivity index (χ3n) is 3.06. The molecule has 0 radical (unpaired) electrons. The van der Waals surface area contributed by atoms with E-state index in [1.807, 2.05) is 6.92 Å². The minimum Gasteiger partial charge on any atom is -0.462 e. The normalized spacial score (nSPS) is 10.3. The molecule has 0 heterocycles. The van der Waals surface area contributed by atoms with E-state index in [0.717, 1.165) is 17.3 Å². The van der Waals surface area contributed by atoms with Gasteiger partial charge < -0.3 is 10.1 Å². The second-order valence-corrected chi connectivity index (χ2v) is 5.73. The highest BCUT2D eigenvalue weighted by Gasteiger charge is 2.13. The topological polar surface area (TPSA) is 38.3 Å². The van der Waals surface area contributed by atoms with Crippen LogP contribution in [0.4, 0.5) is 15.8 Å². The summed E-state index contributed by atoms with van der Waals surface area (Å²) >= 11 is 3.38. The first-order valence-electron chi connectivity index (χ1n) is 7.09. The predicted molar refractivity (Wildman–Crippen MR) is 89.0 cm³/mol. The largest absolute Gasteiger partial charge is 0.462 e. The first-order chi connectivity index (χ1) is 10.6. The number of nitrogens with one attached hydrogen (secondary N) is 1. The van der Waals surface area contributed by atoms with Crippen LogP contribution in [0.25, 0.3) is 0 Å². The number of benzene rings is 2. The summed E-state index contributed by atoms with van der Waals surface area (Å²) in [5.74, 6) is -0.676. The maximum atomic E-state index is 13.0. The molecule has 3 nitrogen and oxygen atoms in total. The molecule has 0 amide bonds. The predicted octanol–water partition coefficient (Wildman–Crippen LogP) is 5.29. The van der Waals surface area contributed by atoms with Crippen molar-refractivity contribution in [2.24, 2.45) is 0 Å². The monoisotopic (exact) mass is 365 g/mol. The van der Waals surface area contributed by atoms with E-state index in [2.05, 4.69) is 21.2 Å². The molecular formula is C17H17BrFNO2. The van der Waals surface area contributed by atoms with Gasteiger partial charge in [-0.3, -0.25) is 0 Å². The number of anilines is 2. The molecular weight excluding hydrogens is 349 g/mol. The van der Waals surface area contributed by atoms with E-state index in [1.165, 1.54) is 12.1 Å². The maximum Gasteiger partial charge on any atom is 0.340 e. The van der Waals surface area contributed by atoms with Crippen molar-refractivity contribution in [1.82, 2.24) is 0 Å². The van der Waals surface area contributed by atoms with Gasteiger partial charge in [-0.1, -0.05) is 29.3 Å². The van der Waals surface area contributed by atoms with Crippen molar-refractivity contribution in [3.8, 4) is 0 Å². The van der Waals surface area contributed by atoms with Crippen LogP contribution in [0, 0.1) is 5.82 Å². The first-order valence-corrected chi connectivity index (χ1v) is 7.88. The van der Waals surface area contributed by atoms with Gasteiger partial charge in [0.25, 0.3) is 0 Å². The van der Waals surface area contributed by atoms with Gasteiger partial charge in [-0.05, 0) is 48.9 Å². The molecule has 2 aromatic carbocycles. The molecule has 0 aliphatic heterocycles. The van der Waals surface area contributed by atoms with Gasteiger partial charge in [-0.15, -0.1) is 0 Å². The third kappa shape index (κ3) is 4.56. The van der Waals surface area contributed by atoms with Crippen LogP contribution < -0.4 is 5.32 Å². The summed E-state index contributed by atoms with van der Waals surface area (Å²) in [6, 6.07) is 11.2. The zero-order valence-electron chi connectivity index (χ0n) is 12.2. The summed E-state index contributed by atoms with van der Waals surface area (Å²) in [4.78, 5) is 12.2. The number of carbonyl (C=O) groups is 1. The average Bonchev–Trinajstić information content (AvgIpc) is 2.50. The highest BCUT2D eigenvalue weighted by molar-refractivity contribution is 9.10. The fourth-order valence-electron chi connectivity index (χ4n) is 1.87. The lowest BCUT2D eigenvalue weighted by Crippen LogP contribution is -2.09. The third-order valence-corrected chi connectivity index (χ3v) is 3.55.